The van der Waals surface area contributed by atoms with E-state index in [1.807, 2.05) is 0 Å². The maximum absolute atomic E-state index is 13.3. The summed E-state index contributed by atoms with van der Waals surface area (Å²) in [6.45, 7) is 1.11. The first kappa shape index (κ1) is 15.2. The lowest BCUT2D eigenvalue weighted by molar-refractivity contribution is -0.124. The van der Waals surface area contributed by atoms with E-state index in [-0.39, 0.29) is 30.4 Å². The molecular weight excluding hydrogens is 277 g/mol. The summed E-state index contributed by atoms with van der Waals surface area (Å²) >= 11 is 0. The second-order valence-electron chi connectivity index (χ2n) is 4.74. The van der Waals surface area contributed by atoms with Gasteiger partial charge in [0.1, 0.15) is 24.2 Å². The predicted molar refractivity (Wildman–Crippen MR) is 74.4 cm³/mol. The number of hydrogen-bond donors (Lipinski definition) is 3. The van der Waals surface area contributed by atoms with Crippen molar-refractivity contribution in [2.75, 3.05) is 19.7 Å². The molecule has 0 aromatic heterocycles. The molecule has 6 nitrogen and oxygen atoms in total. The molecule has 0 saturated carbocycles. The molecule has 1 aliphatic rings. The molecule has 0 aliphatic carbocycles. The second kappa shape index (κ2) is 7.03. The fourth-order valence-corrected chi connectivity index (χ4v) is 2.12. The largest absolute Gasteiger partial charge is 0.491 e. The van der Waals surface area contributed by atoms with Crippen molar-refractivity contribution in [2.45, 2.75) is 18.9 Å². The van der Waals surface area contributed by atoms with E-state index in [1.165, 1.54) is 12.1 Å². The summed E-state index contributed by atoms with van der Waals surface area (Å²) in [6, 6.07) is 3.07. The van der Waals surface area contributed by atoms with Gasteiger partial charge in [-0.25, -0.2) is 4.39 Å². The number of benzene rings is 1. The Hall–Kier alpha value is -2.15. The Balaban J connectivity index is 2.13. The summed E-state index contributed by atoms with van der Waals surface area (Å²) in [5.74, 6) is -1.07. The highest BCUT2D eigenvalue weighted by molar-refractivity contribution is 5.99. The first-order chi connectivity index (χ1) is 10.1. The van der Waals surface area contributed by atoms with Gasteiger partial charge in [0.05, 0.1) is 5.56 Å². The quantitative estimate of drug-likeness (QED) is 0.722. The van der Waals surface area contributed by atoms with Gasteiger partial charge < -0.3 is 21.1 Å². The molecule has 1 aromatic carbocycles. The Labute approximate surface area is 121 Å². The molecule has 1 atom stereocenters. The molecular formula is C14H18FN3O3. The van der Waals surface area contributed by atoms with Crippen LogP contribution in [0.15, 0.2) is 18.2 Å². The van der Waals surface area contributed by atoms with Crippen molar-refractivity contribution in [1.29, 1.82) is 0 Å². The number of nitrogens with one attached hydrogen (secondary N) is 2. The maximum Gasteiger partial charge on any atom is 0.255 e. The van der Waals surface area contributed by atoms with Crippen LogP contribution in [0.1, 0.15) is 23.2 Å². The summed E-state index contributed by atoms with van der Waals surface area (Å²) in [6.07, 6.45) is 1.35. The number of hydrogen-bond acceptors (Lipinski definition) is 4. The molecule has 0 bridgehead atoms. The van der Waals surface area contributed by atoms with E-state index >= 15 is 0 Å². The predicted octanol–water partition coefficient (Wildman–Crippen LogP) is 0.172. The smallest absolute Gasteiger partial charge is 0.255 e. The number of ether oxygens (including phenoxy) is 1. The molecule has 21 heavy (non-hydrogen) atoms. The molecule has 1 fully saturated rings. The van der Waals surface area contributed by atoms with Gasteiger partial charge in [0.2, 0.25) is 5.91 Å². The molecule has 0 radical (unpaired) electrons. The van der Waals surface area contributed by atoms with Gasteiger partial charge in [-0.1, -0.05) is 0 Å². The van der Waals surface area contributed by atoms with Crippen molar-refractivity contribution < 1.29 is 18.7 Å². The molecule has 0 spiro atoms. The topological polar surface area (TPSA) is 93.4 Å². The third-order valence-electron chi connectivity index (χ3n) is 3.15. The van der Waals surface area contributed by atoms with Gasteiger partial charge in [-0.05, 0) is 31.0 Å². The summed E-state index contributed by atoms with van der Waals surface area (Å²) < 4.78 is 18.7. The maximum atomic E-state index is 13.3. The van der Waals surface area contributed by atoms with E-state index in [4.69, 9.17) is 10.5 Å². The molecule has 114 valence electrons. The van der Waals surface area contributed by atoms with Crippen LogP contribution < -0.4 is 21.1 Å². The number of carbonyl (C=O) groups excluding carboxylic acids is 2. The highest BCUT2D eigenvalue weighted by Gasteiger charge is 2.25. The standard InChI is InChI=1S/C14H18FN3O3/c15-9-3-4-12(21-7-5-16)10(8-9)13(19)18-11-2-1-6-17-14(11)20/h3-4,8,11H,1-2,5-7,16H2,(H,17,20)(H,18,19). The number of amides is 2. The molecule has 1 unspecified atom stereocenters. The zero-order valence-electron chi connectivity index (χ0n) is 11.5. The number of nitrogens with two attached hydrogens (primary N) is 1. The minimum atomic E-state index is -0.600. The Morgan fingerprint density at radius 2 is 2.33 bits per heavy atom. The van der Waals surface area contributed by atoms with Crippen molar-refractivity contribution in [3.8, 4) is 5.75 Å². The van der Waals surface area contributed by atoms with Crippen molar-refractivity contribution in [3.05, 3.63) is 29.6 Å². The van der Waals surface area contributed by atoms with E-state index < -0.39 is 17.8 Å². The van der Waals surface area contributed by atoms with E-state index in [1.54, 1.807) is 0 Å². The van der Waals surface area contributed by atoms with Crippen LogP contribution in [-0.2, 0) is 4.79 Å². The van der Waals surface area contributed by atoms with Gasteiger partial charge >= 0.3 is 0 Å². The fraction of sp³-hybridized carbons (Fsp3) is 0.429. The molecule has 2 amide bonds. The van der Waals surface area contributed by atoms with Crippen LogP contribution in [0.5, 0.6) is 5.75 Å². The van der Waals surface area contributed by atoms with E-state index in [0.717, 1.165) is 12.5 Å². The molecule has 1 aromatic rings. The van der Waals surface area contributed by atoms with Crippen LogP contribution in [0.2, 0.25) is 0 Å². The Bertz CT molecular complexity index is 536. The molecule has 2 rings (SSSR count). The number of rotatable bonds is 5. The Morgan fingerprint density at radius 3 is 3.05 bits per heavy atom. The van der Waals surface area contributed by atoms with E-state index in [0.29, 0.717) is 13.0 Å². The van der Waals surface area contributed by atoms with Crippen LogP contribution in [0.25, 0.3) is 0 Å². The normalized spacial score (nSPS) is 18.0. The highest BCUT2D eigenvalue weighted by atomic mass is 19.1. The van der Waals surface area contributed by atoms with Crippen molar-refractivity contribution >= 4 is 11.8 Å². The second-order valence-corrected chi connectivity index (χ2v) is 4.74. The van der Waals surface area contributed by atoms with E-state index in [9.17, 15) is 14.0 Å². The zero-order chi connectivity index (χ0) is 15.2. The first-order valence-electron chi connectivity index (χ1n) is 6.83. The summed E-state index contributed by atoms with van der Waals surface area (Å²) in [5.41, 5.74) is 5.40. The molecule has 4 N–H and O–H groups in total. The van der Waals surface area contributed by atoms with Crippen LogP contribution in [0.3, 0.4) is 0 Å². The zero-order valence-corrected chi connectivity index (χ0v) is 11.5. The van der Waals surface area contributed by atoms with Gasteiger partial charge in [-0.3, -0.25) is 9.59 Å². The fourth-order valence-electron chi connectivity index (χ4n) is 2.12. The van der Waals surface area contributed by atoms with Crippen molar-refractivity contribution in [3.63, 3.8) is 0 Å². The van der Waals surface area contributed by atoms with Crippen molar-refractivity contribution in [1.82, 2.24) is 10.6 Å². The summed E-state index contributed by atoms with van der Waals surface area (Å²) in [5, 5.41) is 5.27. The molecule has 1 saturated heterocycles. The van der Waals surface area contributed by atoms with Gasteiger partial charge in [0.25, 0.3) is 5.91 Å². The lowest BCUT2D eigenvalue weighted by Crippen LogP contribution is -2.50. The van der Waals surface area contributed by atoms with Gasteiger partial charge in [0.15, 0.2) is 0 Å². The molecule has 7 heteroatoms. The van der Waals surface area contributed by atoms with Gasteiger partial charge in [-0.15, -0.1) is 0 Å². The molecule has 1 heterocycles. The first-order valence-corrected chi connectivity index (χ1v) is 6.83. The lowest BCUT2D eigenvalue weighted by Gasteiger charge is -2.23. The van der Waals surface area contributed by atoms with Crippen LogP contribution in [0.4, 0.5) is 4.39 Å². The minimum Gasteiger partial charge on any atom is -0.491 e. The lowest BCUT2D eigenvalue weighted by atomic mass is 10.1. The molecule has 1 aliphatic heterocycles. The Kier molecular flexibility index (Phi) is 5.10. The monoisotopic (exact) mass is 295 g/mol. The number of carbonyl (C=O) groups is 2. The third kappa shape index (κ3) is 3.91. The van der Waals surface area contributed by atoms with Crippen LogP contribution in [-0.4, -0.2) is 37.6 Å². The highest BCUT2D eigenvalue weighted by Crippen LogP contribution is 2.20. The summed E-state index contributed by atoms with van der Waals surface area (Å²) in [7, 11) is 0. The number of halogens is 1. The average molecular weight is 295 g/mol. The van der Waals surface area contributed by atoms with Crippen molar-refractivity contribution in [2.24, 2.45) is 5.73 Å². The van der Waals surface area contributed by atoms with Crippen LogP contribution in [0, 0.1) is 5.82 Å². The summed E-state index contributed by atoms with van der Waals surface area (Å²) in [4.78, 5) is 23.9. The van der Waals surface area contributed by atoms with E-state index in [2.05, 4.69) is 10.6 Å². The number of piperidine rings is 1. The minimum absolute atomic E-state index is 0.0572. The average Bonchev–Trinajstić information content (AvgIpc) is 2.48. The van der Waals surface area contributed by atoms with Crippen LogP contribution >= 0.6 is 0 Å². The van der Waals surface area contributed by atoms with Gasteiger partial charge in [-0.2, -0.15) is 0 Å². The van der Waals surface area contributed by atoms with Gasteiger partial charge in [0, 0.05) is 13.1 Å². The SMILES string of the molecule is NCCOc1ccc(F)cc1C(=O)NC1CCCNC1=O. The Morgan fingerprint density at radius 1 is 1.52 bits per heavy atom. The third-order valence-corrected chi connectivity index (χ3v) is 3.15.